The number of halogens is 1. The molecule has 0 unspecified atom stereocenters. The number of hydrogen-bond donors (Lipinski definition) is 2. The minimum atomic E-state index is -3.58. The predicted molar refractivity (Wildman–Crippen MR) is 114 cm³/mol. The SMILES string of the molecule is O=C(CCN=C1NS(=O)(=O)c2ccccc21)Nc1nc(-c2ccc(Cl)cc2)cs1. The number of aliphatic imine (C=N–C) groups is 1. The standard InChI is InChI=1S/C19H15ClN4O3S2/c20-13-7-5-12(6-8-13)15-11-28-19(22-15)23-17(25)9-10-21-18-14-3-1-2-4-16(14)29(26,27)24-18/h1-8,11H,9-10H2,(H,21,24)(H,22,23,25). The molecule has 1 aliphatic heterocycles. The molecule has 0 fully saturated rings. The van der Waals surface area contributed by atoms with Gasteiger partial charge in [-0.3, -0.25) is 14.5 Å². The zero-order chi connectivity index (χ0) is 20.4. The number of fused-ring (bicyclic) bond motifs is 1. The molecular weight excluding hydrogens is 432 g/mol. The van der Waals surface area contributed by atoms with Gasteiger partial charge in [0.1, 0.15) is 5.84 Å². The third kappa shape index (κ3) is 4.31. The van der Waals surface area contributed by atoms with Crippen molar-refractivity contribution in [3.05, 3.63) is 64.5 Å². The lowest BCUT2D eigenvalue weighted by molar-refractivity contribution is -0.116. The van der Waals surface area contributed by atoms with Gasteiger partial charge in [0.2, 0.25) is 5.91 Å². The van der Waals surface area contributed by atoms with E-state index in [2.05, 4.69) is 20.0 Å². The lowest BCUT2D eigenvalue weighted by Gasteiger charge is -2.01. The van der Waals surface area contributed by atoms with Gasteiger partial charge in [0.15, 0.2) is 5.13 Å². The number of hydrogen-bond acceptors (Lipinski definition) is 6. The Hall–Kier alpha value is -2.75. The van der Waals surface area contributed by atoms with Crippen molar-refractivity contribution in [2.45, 2.75) is 11.3 Å². The van der Waals surface area contributed by atoms with Gasteiger partial charge < -0.3 is 5.32 Å². The molecule has 7 nitrogen and oxygen atoms in total. The summed E-state index contributed by atoms with van der Waals surface area (Å²) in [6.07, 6.45) is 0.100. The van der Waals surface area contributed by atoms with Crippen molar-refractivity contribution < 1.29 is 13.2 Å². The van der Waals surface area contributed by atoms with Crippen LogP contribution in [0.1, 0.15) is 12.0 Å². The van der Waals surface area contributed by atoms with Gasteiger partial charge in [-0.25, -0.2) is 13.4 Å². The number of aromatic nitrogens is 1. The van der Waals surface area contributed by atoms with Gasteiger partial charge in [-0.05, 0) is 24.3 Å². The molecule has 10 heteroatoms. The summed E-state index contributed by atoms with van der Waals surface area (Å²) in [6, 6.07) is 13.9. The molecule has 0 saturated carbocycles. The van der Waals surface area contributed by atoms with Crippen LogP contribution in [-0.2, 0) is 14.8 Å². The highest BCUT2D eigenvalue weighted by Gasteiger charge is 2.29. The Kier molecular flexibility index (Phi) is 5.35. The summed E-state index contributed by atoms with van der Waals surface area (Å²) in [7, 11) is -3.58. The van der Waals surface area contributed by atoms with Gasteiger partial charge in [0, 0.05) is 28.0 Å². The van der Waals surface area contributed by atoms with E-state index in [-0.39, 0.29) is 29.6 Å². The van der Waals surface area contributed by atoms with Gasteiger partial charge in [-0.2, -0.15) is 0 Å². The number of carbonyl (C=O) groups is 1. The number of thiazole rings is 1. The maximum Gasteiger partial charge on any atom is 0.263 e. The summed E-state index contributed by atoms with van der Waals surface area (Å²) in [4.78, 5) is 21.0. The molecule has 3 aromatic rings. The quantitative estimate of drug-likeness (QED) is 0.626. The number of nitrogens with one attached hydrogen (secondary N) is 2. The van der Waals surface area contributed by atoms with E-state index in [1.807, 2.05) is 17.5 Å². The van der Waals surface area contributed by atoms with Crippen LogP contribution in [0, 0.1) is 0 Å². The Morgan fingerprint density at radius 3 is 2.72 bits per heavy atom. The molecule has 2 N–H and O–H groups in total. The maximum absolute atomic E-state index is 12.2. The fourth-order valence-electron chi connectivity index (χ4n) is 2.79. The third-order valence-corrected chi connectivity index (χ3v) is 6.57. The van der Waals surface area contributed by atoms with Crippen LogP contribution in [-0.4, -0.2) is 31.7 Å². The van der Waals surface area contributed by atoms with E-state index in [9.17, 15) is 13.2 Å². The molecular formula is C19H15ClN4O3S2. The molecule has 0 spiro atoms. The van der Waals surface area contributed by atoms with Crippen LogP contribution in [0.5, 0.6) is 0 Å². The number of rotatable bonds is 5. The van der Waals surface area contributed by atoms with Gasteiger partial charge in [-0.1, -0.05) is 35.9 Å². The Bertz CT molecular complexity index is 1200. The zero-order valence-electron chi connectivity index (χ0n) is 14.9. The molecule has 0 atom stereocenters. The molecule has 148 valence electrons. The van der Waals surface area contributed by atoms with Crippen molar-refractivity contribution in [3.8, 4) is 11.3 Å². The molecule has 0 saturated heterocycles. The summed E-state index contributed by atoms with van der Waals surface area (Å²) in [5, 5.41) is 5.72. The molecule has 2 heterocycles. The highest BCUT2D eigenvalue weighted by atomic mass is 35.5. The zero-order valence-corrected chi connectivity index (χ0v) is 17.3. The molecule has 2 aromatic carbocycles. The molecule has 0 radical (unpaired) electrons. The summed E-state index contributed by atoms with van der Waals surface area (Å²) in [5.41, 5.74) is 2.17. The summed E-state index contributed by atoms with van der Waals surface area (Å²) in [5.74, 6) is 0.00756. The van der Waals surface area contributed by atoms with Gasteiger partial charge in [-0.15, -0.1) is 11.3 Å². The second kappa shape index (κ2) is 7.94. The average molecular weight is 447 g/mol. The normalized spacial score (nSPS) is 15.7. The molecule has 1 aromatic heterocycles. The van der Waals surface area contributed by atoms with Crippen molar-refractivity contribution in [1.82, 2.24) is 9.71 Å². The summed E-state index contributed by atoms with van der Waals surface area (Å²) >= 11 is 7.21. The Labute approximate surface area is 176 Å². The number of benzene rings is 2. The van der Waals surface area contributed by atoms with Gasteiger partial charge in [0.25, 0.3) is 10.0 Å². The van der Waals surface area contributed by atoms with E-state index in [0.29, 0.717) is 15.7 Å². The number of nitrogens with zero attached hydrogens (tertiary/aromatic N) is 2. The van der Waals surface area contributed by atoms with Gasteiger partial charge >= 0.3 is 0 Å². The van der Waals surface area contributed by atoms with Crippen molar-refractivity contribution >= 4 is 49.8 Å². The smallest absolute Gasteiger partial charge is 0.263 e. The fraction of sp³-hybridized carbons (Fsp3) is 0.105. The van der Waals surface area contributed by atoms with Crippen molar-refractivity contribution in [2.75, 3.05) is 11.9 Å². The van der Waals surface area contributed by atoms with E-state index in [0.717, 1.165) is 11.3 Å². The minimum Gasteiger partial charge on any atom is -0.302 e. The van der Waals surface area contributed by atoms with Gasteiger partial charge in [0.05, 0.1) is 17.1 Å². The number of carbonyl (C=O) groups excluding carboxylic acids is 1. The molecule has 0 bridgehead atoms. The number of sulfonamides is 1. The lowest BCUT2D eigenvalue weighted by Crippen LogP contribution is -2.23. The molecule has 0 aliphatic carbocycles. The van der Waals surface area contributed by atoms with Crippen LogP contribution in [0.4, 0.5) is 5.13 Å². The monoisotopic (exact) mass is 446 g/mol. The summed E-state index contributed by atoms with van der Waals surface area (Å²) in [6.45, 7) is 0.146. The topological polar surface area (TPSA) is 101 Å². The fourth-order valence-corrected chi connectivity index (χ4v) is 4.90. The van der Waals surface area contributed by atoms with Crippen molar-refractivity contribution in [1.29, 1.82) is 0 Å². The van der Waals surface area contributed by atoms with E-state index in [1.165, 1.54) is 17.4 Å². The van der Waals surface area contributed by atoms with E-state index in [4.69, 9.17) is 11.6 Å². The highest BCUT2D eigenvalue weighted by molar-refractivity contribution is 7.90. The Balaban J connectivity index is 1.37. The first-order chi connectivity index (χ1) is 13.9. The molecule has 1 amide bonds. The summed E-state index contributed by atoms with van der Waals surface area (Å²) < 4.78 is 26.5. The number of amidine groups is 1. The first-order valence-corrected chi connectivity index (χ1v) is 11.3. The lowest BCUT2D eigenvalue weighted by atomic mass is 10.2. The third-order valence-electron chi connectivity index (χ3n) is 4.16. The average Bonchev–Trinajstić information content (AvgIpc) is 3.25. The van der Waals surface area contributed by atoms with Crippen LogP contribution in [0.2, 0.25) is 5.02 Å². The Morgan fingerprint density at radius 2 is 1.93 bits per heavy atom. The molecule has 4 rings (SSSR count). The van der Waals surface area contributed by atoms with Crippen LogP contribution in [0.3, 0.4) is 0 Å². The van der Waals surface area contributed by atoms with E-state index < -0.39 is 10.0 Å². The van der Waals surface area contributed by atoms with E-state index in [1.54, 1.807) is 30.3 Å². The van der Waals surface area contributed by atoms with Crippen LogP contribution in [0.15, 0.2) is 63.8 Å². The molecule has 29 heavy (non-hydrogen) atoms. The van der Waals surface area contributed by atoms with Crippen LogP contribution < -0.4 is 10.0 Å². The first kappa shape index (κ1) is 19.6. The largest absolute Gasteiger partial charge is 0.302 e. The van der Waals surface area contributed by atoms with Crippen molar-refractivity contribution in [3.63, 3.8) is 0 Å². The maximum atomic E-state index is 12.2. The number of amides is 1. The first-order valence-electron chi connectivity index (χ1n) is 8.60. The van der Waals surface area contributed by atoms with Crippen LogP contribution >= 0.6 is 22.9 Å². The predicted octanol–water partition coefficient (Wildman–Crippen LogP) is 3.53. The molecule has 1 aliphatic rings. The van der Waals surface area contributed by atoms with Crippen LogP contribution in [0.25, 0.3) is 11.3 Å². The Morgan fingerprint density at radius 1 is 1.17 bits per heavy atom. The van der Waals surface area contributed by atoms with E-state index >= 15 is 0 Å². The van der Waals surface area contributed by atoms with Crippen molar-refractivity contribution in [2.24, 2.45) is 4.99 Å². The minimum absolute atomic E-state index is 0.100. The number of anilines is 1. The highest BCUT2D eigenvalue weighted by Crippen LogP contribution is 2.26. The second-order valence-electron chi connectivity index (χ2n) is 6.17. The second-order valence-corrected chi connectivity index (χ2v) is 9.12.